The Morgan fingerprint density at radius 1 is 1.45 bits per heavy atom. The molecule has 3 unspecified atom stereocenters. The molecule has 0 aromatic heterocycles. The molecule has 4 nitrogen and oxygen atoms in total. The summed E-state index contributed by atoms with van der Waals surface area (Å²) in [6.45, 7) is 3.10. The maximum atomic E-state index is 12.3. The minimum Gasteiger partial charge on any atom is -0.376 e. The zero-order chi connectivity index (χ0) is 13.7. The van der Waals surface area contributed by atoms with Crippen LogP contribution in [0.1, 0.15) is 31.2 Å². The number of nitrogens with one attached hydrogen (secondary N) is 1. The van der Waals surface area contributed by atoms with Crippen molar-refractivity contribution in [2.75, 3.05) is 13.2 Å². The van der Waals surface area contributed by atoms with Crippen LogP contribution in [0.5, 0.6) is 0 Å². The molecule has 112 valence electrons. The molecule has 1 heterocycles. The third-order valence-corrected chi connectivity index (χ3v) is 3.65. The fourth-order valence-electron chi connectivity index (χ4n) is 2.49. The largest absolute Gasteiger partial charge is 0.376 e. The lowest BCUT2D eigenvalue weighted by molar-refractivity contribution is -0.123. The molecule has 1 aromatic rings. The van der Waals surface area contributed by atoms with Crippen LogP contribution in [-0.2, 0) is 9.53 Å². The third-order valence-electron chi connectivity index (χ3n) is 3.65. The van der Waals surface area contributed by atoms with E-state index >= 15 is 0 Å². The van der Waals surface area contributed by atoms with Gasteiger partial charge < -0.3 is 15.8 Å². The van der Waals surface area contributed by atoms with Crippen molar-refractivity contribution in [2.24, 2.45) is 5.73 Å². The van der Waals surface area contributed by atoms with E-state index in [9.17, 15) is 4.79 Å². The summed E-state index contributed by atoms with van der Waals surface area (Å²) in [5, 5.41) is 3.03. The van der Waals surface area contributed by atoms with Crippen molar-refractivity contribution in [3.05, 3.63) is 35.9 Å². The van der Waals surface area contributed by atoms with Gasteiger partial charge in [-0.15, -0.1) is 12.4 Å². The van der Waals surface area contributed by atoms with Gasteiger partial charge in [-0.2, -0.15) is 0 Å². The Bertz CT molecular complexity index is 408. The van der Waals surface area contributed by atoms with Crippen LogP contribution in [-0.4, -0.2) is 31.2 Å². The van der Waals surface area contributed by atoms with Gasteiger partial charge in [0, 0.05) is 13.2 Å². The van der Waals surface area contributed by atoms with Crippen LogP contribution < -0.4 is 11.1 Å². The predicted octanol–water partition coefficient (Wildman–Crippen LogP) is 1.83. The Balaban J connectivity index is 0.00000200. The van der Waals surface area contributed by atoms with E-state index in [0.717, 1.165) is 25.0 Å². The number of halogens is 1. The number of hydrogen-bond donors (Lipinski definition) is 2. The average molecular weight is 299 g/mol. The van der Waals surface area contributed by atoms with Crippen molar-refractivity contribution in [1.29, 1.82) is 0 Å². The van der Waals surface area contributed by atoms with Crippen molar-refractivity contribution in [3.8, 4) is 0 Å². The van der Waals surface area contributed by atoms with Gasteiger partial charge in [0.1, 0.15) is 0 Å². The molecule has 0 radical (unpaired) electrons. The first-order valence-corrected chi connectivity index (χ1v) is 6.89. The van der Waals surface area contributed by atoms with Crippen molar-refractivity contribution in [3.63, 3.8) is 0 Å². The van der Waals surface area contributed by atoms with E-state index in [4.69, 9.17) is 10.5 Å². The van der Waals surface area contributed by atoms with E-state index in [2.05, 4.69) is 5.32 Å². The van der Waals surface area contributed by atoms with Crippen LogP contribution in [0.15, 0.2) is 30.3 Å². The smallest absolute Gasteiger partial charge is 0.229 e. The van der Waals surface area contributed by atoms with Crippen molar-refractivity contribution < 1.29 is 9.53 Å². The summed E-state index contributed by atoms with van der Waals surface area (Å²) in [7, 11) is 0. The van der Waals surface area contributed by atoms with Gasteiger partial charge in [-0.3, -0.25) is 4.79 Å². The molecule has 1 aliphatic heterocycles. The van der Waals surface area contributed by atoms with Crippen molar-refractivity contribution in [1.82, 2.24) is 5.32 Å². The summed E-state index contributed by atoms with van der Waals surface area (Å²) in [5.74, 6) is -0.304. The Morgan fingerprint density at radius 3 is 2.70 bits per heavy atom. The highest BCUT2D eigenvalue weighted by Crippen LogP contribution is 2.18. The lowest BCUT2D eigenvalue weighted by Crippen LogP contribution is -2.44. The van der Waals surface area contributed by atoms with Gasteiger partial charge in [0.05, 0.1) is 18.1 Å². The van der Waals surface area contributed by atoms with E-state index in [-0.39, 0.29) is 36.4 Å². The standard InChI is InChI=1S/C15H22N2O2.ClH/c1-11(14-8-5-9-19-14)17-15(18)13(10-16)12-6-3-2-4-7-12;/h2-4,6-7,11,13-14H,5,8-10,16H2,1H3,(H,17,18);1H. The van der Waals surface area contributed by atoms with Crippen LogP contribution in [0.3, 0.4) is 0 Å². The first-order valence-electron chi connectivity index (χ1n) is 6.89. The Kier molecular flexibility index (Phi) is 6.99. The summed E-state index contributed by atoms with van der Waals surface area (Å²) in [4.78, 5) is 12.3. The zero-order valence-electron chi connectivity index (χ0n) is 11.7. The molecule has 5 heteroatoms. The fraction of sp³-hybridized carbons (Fsp3) is 0.533. The molecule has 0 saturated carbocycles. The number of rotatable bonds is 5. The highest BCUT2D eigenvalue weighted by molar-refractivity contribution is 5.85. The second-order valence-electron chi connectivity index (χ2n) is 5.05. The van der Waals surface area contributed by atoms with E-state index < -0.39 is 0 Å². The normalized spacial score (nSPS) is 20.8. The number of amides is 1. The van der Waals surface area contributed by atoms with Crippen molar-refractivity contribution >= 4 is 18.3 Å². The molecule has 0 bridgehead atoms. The molecule has 1 aromatic carbocycles. The predicted molar refractivity (Wildman–Crippen MR) is 82.1 cm³/mol. The topological polar surface area (TPSA) is 64.4 Å². The molecule has 0 aliphatic carbocycles. The second-order valence-corrected chi connectivity index (χ2v) is 5.05. The van der Waals surface area contributed by atoms with E-state index in [1.165, 1.54) is 0 Å². The maximum absolute atomic E-state index is 12.3. The van der Waals surface area contributed by atoms with E-state index in [0.29, 0.717) is 6.54 Å². The quantitative estimate of drug-likeness (QED) is 0.872. The highest BCUT2D eigenvalue weighted by atomic mass is 35.5. The number of carbonyl (C=O) groups is 1. The Morgan fingerprint density at radius 2 is 2.15 bits per heavy atom. The first-order chi connectivity index (χ1) is 9.22. The van der Waals surface area contributed by atoms with Crippen LogP contribution in [0, 0.1) is 0 Å². The molecule has 1 fully saturated rings. The number of nitrogens with two attached hydrogens (primary N) is 1. The molecule has 1 aliphatic rings. The lowest BCUT2D eigenvalue weighted by atomic mass is 9.97. The fourth-order valence-corrected chi connectivity index (χ4v) is 2.49. The molecule has 3 N–H and O–H groups in total. The van der Waals surface area contributed by atoms with Gasteiger partial charge in [-0.25, -0.2) is 0 Å². The number of hydrogen-bond acceptors (Lipinski definition) is 3. The van der Waals surface area contributed by atoms with Gasteiger partial charge in [0.15, 0.2) is 0 Å². The summed E-state index contributed by atoms with van der Waals surface area (Å²) >= 11 is 0. The third kappa shape index (κ3) is 4.20. The number of carbonyl (C=O) groups excluding carboxylic acids is 1. The molecule has 20 heavy (non-hydrogen) atoms. The Labute approximate surface area is 126 Å². The van der Waals surface area contributed by atoms with Gasteiger partial charge in [-0.05, 0) is 25.3 Å². The van der Waals surface area contributed by atoms with E-state index in [1.54, 1.807) is 0 Å². The lowest BCUT2D eigenvalue weighted by Gasteiger charge is -2.23. The highest BCUT2D eigenvalue weighted by Gasteiger charge is 2.26. The molecule has 1 saturated heterocycles. The monoisotopic (exact) mass is 298 g/mol. The van der Waals surface area contributed by atoms with Crippen LogP contribution >= 0.6 is 12.4 Å². The summed E-state index contributed by atoms with van der Waals surface area (Å²) < 4.78 is 5.59. The first kappa shape index (κ1) is 17.0. The maximum Gasteiger partial charge on any atom is 0.229 e. The average Bonchev–Trinajstić information content (AvgIpc) is 2.94. The summed E-state index contributed by atoms with van der Waals surface area (Å²) in [6, 6.07) is 9.70. The second kappa shape index (κ2) is 8.25. The molecular formula is C15H23ClN2O2. The molecule has 3 atom stereocenters. The number of ether oxygens (including phenoxy) is 1. The molecular weight excluding hydrogens is 276 g/mol. The summed E-state index contributed by atoms with van der Waals surface area (Å²) in [6.07, 6.45) is 2.22. The minimum atomic E-state index is -0.287. The number of benzene rings is 1. The van der Waals surface area contributed by atoms with E-state index in [1.807, 2.05) is 37.3 Å². The molecule has 2 rings (SSSR count). The van der Waals surface area contributed by atoms with Crippen LogP contribution in [0.2, 0.25) is 0 Å². The SMILES string of the molecule is CC(NC(=O)C(CN)c1ccccc1)C1CCCO1.Cl. The van der Waals surface area contributed by atoms with Crippen LogP contribution in [0.25, 0.3) is 0 Å². The molecule has 0 spiro atoms. The van der Waals surface area contributed by atoms with Crippen molar-refractivity contribution in [2.45, 2.75) is 37.8 Å². The molecule has 1 amide bonds. The van der Waals surface area contributed by atoms with Gasteiger partial charge in [0.25, 0.3) is 0 Å². The van der Waals surface area contributed by atoms with Gasteiger partial charge in [0.2, 0.25) is 5.91 Å². The minimum absolute atomic E-state index is 0. The van der Waals surface area contributed by atoms with Gasteiger partial charge in [-0.1, -0.05) is 30.3 Å². The Hall–Kier alpha value is -1.10. The summed E-state index contributed by atoms with van der Waals surface area (Å²) in [5.41, 5.74) is 6.70. The van der Waals surface area contributed by atoms with Gasteiger partial charge >= 0.3 is 0 Å². The zero-order valence-corrected chi connectivity index (χ0v) is 12.6. The van der Waals surface area contributed by atoms with Crippen LogP contribution in [0.4, 0.5) is 0 Å².